The lowest BCUT2D eigenvalue weighted by Crippen LogP contribution is -1.99. The third-order valence-electron chi connectivity index (χ3n) is 2.68. The van der Waals surface area contributed by atoms with E-state index in [-0.39, 0.29) is 12.3 Å². The molecule has 0 amide bonds. The largest absolute Gasteiger partial charge is 0.496 e. The minimum atomic E-state index is -0.494. The van der Waals surface area contributed by atoms with Crippen molar-refractivity contribution in [3.63, 3.8) is 0 Å². The van der Waals surface area contributed by atoms with Gasteiger partial charge in [0.15, 0.2) is 6.29 Å². The van der Waals surface area contributed by atoms with Gasteiger partial charge in [-0.2, -0.15) is 0 Å². The number of aldehydes is 1. The summed E-state index contributed by atoms with van der Waals surface area (Å²) in [4.78, 5) is 24.7. The van der Waals surface area contributed by atoms with Crippen LogP contribution in [0.2, 0.25) is 0 Å². The van der Waals surface area contributed by atoms with Crippen LogP contribution in [0.3, 0.4) is 0 Å². The lowest BCUT2D eigenvalue weighted by atomic mass is 10.2. The monoisotopic (exact) mass is 288 g/mol. The Morgan fingerprint density at radius 1 is 1.29 bits per heavy atom. The molecule has 0 aliphatic carbocycles. The van der Waals surface area contributed by atoms with Gasteiger partial charge in [-0.3, -0.25) is 14.9 Å². The molecule has 0 radical (unpaired) electrons. The van der Waals surface area contributed by atoms with Gasteiger partial charge in [-0.15, -0.1) is 0 Å². The second-order valence-corrected chi connectivity index (χ2v) is 4.12. The number of methoxy groups -OCH3 is 1. The average Bonchev–Trinajstić information content (AvgIpc) is 2.53. The van der Waals surface area contributed by atoms with E-state index < -0.39 is 4.92 Å². The van der Waals surface area contributed by atoms with Gasteiger partial charge in [0.2, 0.25) is 0 Å². The van der Waals surface area contributed by atoms with Crippen molar-refractivity contribution in [1.82, 2.24) is 4.98 Å². The molecule has 0 bridgehead atoms. The number of carbonyl (C=O) groups excluding carboxylic acids is 1. The molecule has 0 saturated heterocycles. The summed E-state index contributed by atoms with van der Waals surface area (Å²) in [7, 11) is 1.44. The van der Waals surface area contributed by atoms with Crippen molar-refractivity contribution in [2.45, 2.75) is 6.61 Å². The Balaban J connectivity index is 2.12. The molecular weight excluding hydrogens is 276 g/mol. The summed E-state index contributed by atoms with van der Waals surface area (Å²) >= 11 is 0. The number of nitro groups is 1. The van der Waals surface area contributed by atoms with Crippen LogP contribution in [0.15, 0.2) is 36.5 Å². The first kappa shape index (κ1) is 14.4. The van der Waals surface area contributed by atoms with Gasteiger partial charge < -0.3 is 9.47 Å². The highest BCUT2D eigenvalue weighted by atomic mass is 16.6. The summed E-state index contributed by atoms with van der Waals surface area (Å²) in [6.45, 7) is 0.125. The van der Waals surface area contributed by atoms with Crippen LogP contribution in [0, 0.1) is 10.1 Å². The van der Waals surface area contributed by atoms with E-state index in [2.05, 4.69) is 4.98 Å². The number of carbonyl (C=O) groups is 1. The average molecular weight is 288 g/mol. The topological polar surface area (TPSA) is 91.6 Å². The van der Waals surface area contributed by atoms with Gasteiger partial charge in [-0.1, -0.05) is 0 Å². The Morgan fingerprint density at radius 3 is 2.67 bits per heavy atom. The molecule has 0 unspecified atom stereocenters. The predicted octanol–water partition coefficient (Wildman–Crippen LogP) is 2.39. The molecule has 0 aliphatic heterocycles. The molecule has 0 N–H and O–H groups in total. The molecule has 0 saturated carbocycles. The minimum absolute atomic E-state index is 0.0672. The maximum absolute atomic E-state index is 10.8. The lowest BCUT2D eigenvalue weighted by molar-refractivity contribution is -0.385. The first-order chi connectivity index (χ1) is 10.1. The van der Waals surface area contributed by atoms with E-state index in [1.165, 1.54) is 31.5 Å². The maximum Gasteiger partial charge on any atom is 0.273 e. The first-order valence-electron chi connectivity index (χ1n) is 5.99. The summed E-state index contributed by atoms with van der Waals surface area (Å²) in [5.41, 5.74) is 0.835. The minimum Gasteiger partial charge on any atom is -0.496 e. The number of pyridine rings is 1. The zero-order valence-electron chi connectivity index (χ0n) is 11.2. The highest BCUT2D eigenvalue weighted by Gasteiger charge is 2.10. The van der Waals surface area contributed by atoms with E-state index in [1.807, 2.05) is 0 Å². The predicted molar refractivity (Wildman–Crippen MR) is 73.6 cm³/mol. The molecule has 1 heterocycles. The molecule has 2 aromatic rings. The van der Waals surface area contributed by atoms with Gasteiger partial charge in [0.25, 0.3) is 5.69 Å². The standard InChI is InChI=1S/C14H12N2O5/c1-20-14-5-10(4-12(6-14)16(18)19)9-21-13-3-2-11(8-17)15-7-13/h2-8H,9H2,1H3. The Kier molecular flexibility index (Phi) is 4.45. The SMILES string of the molecule is COc1cc(COc2ccc(C=O)nc2)cc([N+](=O)[O-])c1. The van der Waals surface area contributed by atoms with Gasteiger partial charge in [-0.25, -0.2) is 4.98 Å². The number of aromatic nitrogens is 1. The summed E-state index contributed by atoms with van der Waals surface area (Å²) in [6.07, 6.45) is 2.05. The fourth-order valence-electron chi connectivity index (χ4n) is 1.66. The molecule has 0 spiro atoms. The third kappa shape index (κ3) is 3.75. The molecule has 0 fully saturated rings. The van der Waals surface area contributed by atoms with E-state index in [9.17, 15) is 14.9 Å². The number of nitrogens with zero attached hydrogens (tertiary/aromatic N) is 2. The number of hydrogen-bond acceptors (Lipinski definition) is 6. The molecule has 7 nitrogen and oxygen atoms in total. The van der Waals surface area contributed by atoms with Gasteiger partial charge in [0.1, 0.15) is 23.8 Å². The van der Waals surface area contributed by atoms with Crippen molar-refractivity contribution < 1.29 is 19.2 Å². The molecule has 1 aromatic heterocycles. The lowest BCUT2D eigenvalue weighted by Gasteiger charge is -2.07. The van der Waals surface area contributed by atoms with Crippen molar-refractivity contribution in [3.8, 4) is 11.5 Å². The molecule has 2 rings (SSSR count). The van der Waals surface area contributed by atoms with Crippen LogP contribution >= 0.6 is 0 Å². The smallest absolute Gasteiger partial charge is 0.273 e. The van der Waals surface area contributed by atoms with Crippen LogP contribution in [0.5, 0.6) is 11.5 Å². The molecule has 108 valence electrons. The van der Waals surface area contributed by atoms with Crippen LogP contribution in [0.4, 0.5) is 5.69 Å². The molecule has 0 atom stereocenters. The van der Waals surface area contributed by atoms with Crippen molar-refractivity contribution in [3.05, 3.63) is 57.9 Å². The molecule has 0 aliphatic rings. The maximum atomic E-state index is 10.8. The highest BCUT2D eigenvalue weighted by molar-refractivity contribution is 5.71. The van der Waals surface area contributed by atoms with Crippen molar-refractivity contribution in [2.24, 2.45) is 0 Å². The van der Waals surface area contributed by atoms with Crippen molar-refractivity contribution in [2.75, 3.05) is 7.11 Å². The second kappa shape index (κ2) is 6.47. The van der Waals surface area contributed by atoms with Crippen LogP contribution in [-0.4, -0.2) is 23.3 Å². The van der Waals surface area contributed by atoms with E-state index in [0.717, 1.165) is 0 Å². The molecule has 21 heavy (non-hydrogen) atoms. The summed E-state index contributed by atoms with van der Waals surface area (Å²) in [6, 6.07) is 7.53. The van der Waals surface area contributed by atoms with E-state index in [1.54, 1.807) is 12.1 Å². The zero-order chi connectivity index (χ0) is 15.2. The first-order valence-corrected chi connectivity index (χ1v) is 5.99. The van der Waals surface area contributed by atoms with Crippen molar-refractivity contribution in [1.29, 1.82) is 0 Å². The Hall–Kier alpha value is -2.96. The van der Waals surface area contributed by atoms with Gasteiger partial charge in [0.05, 0.1) is 24.3 Å². The molecule has 1 aromatic carbocycles. The Morgan fingerprint density at radius 2 is 2.10 bits per heavy atom. The van der Waals surface area contributed by atoms with Gasteiger partial charge >= 0.3 is 0 Å². The van der Waals surface area contributed by atoms with E-state index >= 15 is 0 Å². The highest BCUT2D eigenvalue weighted by Crippen LogP contribution is 2.23. The number of ether oxygens (including phenoxy) is 2. The number of non-ortho nitro benzene ring substituents is 1. The molecular formula is C14H12N2O5. The fraction of sp³-hybridized carbons (Fsp3) is 0.143. The Labute approximate surface area is 120 Å². The quantitative estimate of drug-likeness (QED) is 0.460. The number of benzene rings is 1. The van der Waals surface area contributed by atoms with Crippen LogP contribution in [-0.2, 0) is 6.61 Å². The van der Waals surface area contributed by atoms with Crippen LogP contribution < -0.4 is 9.47 Å². The number of hydrogen-bond donors (Lipinski definition) is 0. The summed E-state index contributed by atoms with van der Waals surface area (Å²) in [5, 5.41) is 10.8. The van der Waals surface area contributed by atoms with Crippen LogP contribution in [0.1, 0.15) is 16.1 Å². The van der Waals surface area contributed by atoms with Crippen LogP contribution in [0.25, 0.3) is 0 Å². The van der Waals surface area contributed by atoms with Crippen molar-refractivity contribution >= 4 is 12.0 Å². The number of nitro benzene ring substituents is 1. The van der Waals surface area contributed by atoms with E-state index in [0.29, 0.717) is 29.0 Å². The zero-order valence-corrected chi connectivity index (χ0v) is 11.2. The second-order valence-electron chi connectivity index (χ2n) is 4.12. The normalized spacial score (nSPS) is 9.95. The Bertz CT molecular complexity index is 655. The summed E-state index contributed by atoms with van der Waals surface area (Å²) in [5.74, 6) is 0.850. The molecule has 7 heteroatoms. The van der Waals surface area contributed by atoms with Gasteiger partial charge in [0, 0.05) is 6.07 Å². The number of rotatable bonds is 6. The van der Waals surface area contributed by atoms with E-state index in [4.69, 9.17) is 9.47 Å². The third-order valence-corrected chi connectivity index (χ3v) is 2.68. The fourth-order valence-corrected chi connectivity index (χ4v) is 1.66. The van der Waals surface area contributed by atoms with Gasteiger partial charge in [-0.05, 0) is 23.8 Å². The summed E-state index contributed by atoms with van der Waals surface area (Å²) < 4.78 is 10.5.